The van der Waals surface area contributed by atoms with Crippen molar-refractivity contribution in [3.8, 4) is 0 Å². The number of amides is 1. The van der Waals surface area contributed by atoms with Crippen molar-refractivity contribution in [3.63, 3.8) is 0 Å². The van der Waals surface area contributed by atoms with Crippen molar-refractivity contribution in [2.45, 2.75) is 54.7 Å². The number of alkyl halides is 1. The van der Waals surface area contributed by atoms with Gasteiger partial charge in [-0.05, 0) is 34.6 Å². The zero-order valence-electron chi connectivity index (χ0n) is 13.2. The maximum absolute atomic E-state index is 12.3. The van der Waals surface area contributed by atoms with Crippen molar-refractivity contribution >= 4 is 52.2 Å². The molecule has 2 rings (SSSR count). The van der Waals surface area contributed by atoms with Crippen molar-refractivity contribution < 1.29 is 23.9 Å². The van der Waals surface area contributed by atoms with Crippen LogP contribution in [0.1, 0.15) is 34.6 Å². The molecular formula is C14H20INO5S. The van der Waals surface area contributed by atoms with Crippen molar-refractivity contribution in [2.24, 2.45) is 5.41 Å². The molecule has 0 unspecified atom stereocenters. The van der Waals surface area contributed by atoms with Gasteiger partial charge in [0, 0.05) is 4.75 Å². The molecule has 2 heterocycles. The topological polar surface area (TPSA) is 72.9 Å². The summed E-state index contributed by atoms with van der Waals surface area (Å²) in [6.45, 7) is 8.57. The number of ether oxygens (including phenoxy) is 2. The molecule has 0 bridgehead atoms. The molecule has 0 aliphatic carbocycles. The third kappa shape index (κ3) is 3.08. The first kappa shape index (κ1) is 17.8. The van der Waals surface area contributed by atoms with E-state index in [1.807, 2.05) is 13.8 Å². The summed E-state index contributed by atoms with van der Waals surface area (Å²) in [7, 11) is 0. The van der Waals surface area contributed by atoms with Crippen LogP contribution in [0.3, 0.4) is 0 Å². The minimum absolute atomic E-state index is 0.0118. The first-order chi connectivity index (χ1) is 9.97. The molecular weight excluding hydrogens is 421 g/mol. The molecule has 2 aliphatic heterocycles. The molecule has 0 spiro atoms. The summed E-state index contributed by atoms with van der Waals surface area (Å²) in [6.07, 6.45) is 0. The normalized spacial score (nSPS) is 29.6. The van der Waals surface area contributed by atoms with Crippen molar-refractivity contribution in [2.75, 3.05) is 6.79 Å². The Hall–Kier alpha value is -0.510. The first-order valence-electron chi connectivity index (χ1n) is 6.95. The molecule has 0 aromatic heterocycles. The van der Waals surface area contributed by atoms with Crippen LogP contribution in [0.5, 0.6) is 0 Å². The average Bonchev–Trinajstić information content (AvgIpc) is 2.65. The Kier molecular flexibility index (Phi) is 4.74. The molecule has 0 radical (unpaired) electrons. The van der Waals surface area contributed by atoms with Crippen LogP contribution in [-0.4, -0.2) is 49.6 Å². The van der Waals surface area contributed by atoms with E-state index in [1.54, 1.807) is 37.4 Å². The number of hydrogen-bond acceptors (Lipinski definition) is 6. The molecule has 22 heavy (non-hydrogen) atoms. The number of thioether (sulfide) groups is 1. The SMILES string of the molecule is CC(C)(C)C(=O)OCOC(=O)[C@@H]1N2C(=O)[C@H](I)[C@H]2SC1(C)C. The van der Waals surface area contributed by atoms with Gasteiger partial charge in [-0.15, -0.1) is 11.8 Å². The number of rotatable bonds is 3. The Labute approximate surface area is 147 Å². The molecule has 6 nitrogen and oxygen atoms in total. The number of nitrogens with zero attached hydrogens (tertiary/aromatic N) is 1. The number of fused-ring (bicyclic) bond motifs is 1. The lowest BCUT2D eigenvalue weighted by molar-refractivity contribution is -0.179. The minimum atomic E-state index is -0.651. The third-order valence-electron chi connectivity index (χ3n) is 3.60. The summed E-state index contributed by atoms with van der Waals surface area (Å²) in [4.78, 5) is 37.5. The van der Waals surface area contributed by atoms with Gasteiger partial charge in [0.25, 0.3) is 0 Å². The lowest BCUT2D eigenvalue weighted by Gasteiger charge is -2.41. The van der Waals surface area contributed by atoms with Crippen LogP contribution < -0.4 is 0 Å². The van der Waals surface area contributed by atoms with Gasteiger partial charge in [-0.2, -0.15) is 0 Å². The van der Waals surface area contributed by atoms with Crippen molar-refractivity contribution in [1.29, 1.82) is 0 Å². The molecule has 1 amide bonds. The van der Waals surface area contributed by atoms with Crippen LogP contribution in [0.15, 0.2) is 0 Å². The molecule has 0 N–H and O–H groups in total. The predicted molar refractivity (Wildman–Crippen MR) is 90.4 cm³/mol. The molecule has 8 heteroatoms. The number of halogens is 1. The van der Waals surface area contributed by atoms with Gasteiger partial charge in [0.2, 0.25) is 12.7 Å². The largest absolute Gasteiger partial charge is 0.427 e. The monoisotopic (exact) mass is 441 g/mol. The number of esters is 2. The lowest BCUT2D eigenvalue weighted by Crippen LogP contribution is -2.63. The van der Waals surface area contributed by atoms with Crippen LogP contribution >= 0.6 is 34.4 Å². The van der Waals surface area contributed by atoms with Gasteiger partial charge >= 0.3 is 11.9 Å². The van der Waals surface area contributed by atoms with Crippen LogP contribution in [0.2, 0.25) is 0 Å². The zero-order chi connectivity index (χ0) is 16.9. The van der Waals surface area contributed by atoms with E-state index in [-0.39, 0.29) is 15.2 Å². The standard InChI is InChI=1S/C14H20INO5S/c1-13(2,3)12(19)21-6-20-11(18)8-14(4,5)22-10-7(15)9(17)16(8)10/h7-8,10H,6H2,1-5H3/t7-,8-,10+/m0/s1. The van der Waals surface area contributed by atoms with Crippen LogP contribution in [-0.2, 0) is 23.9 Å². The predicted octanol–water partition coefficient (Wildman–Crippen LogP) is 1.94. The van der Waals surface area contributed by atoms with E-state index >= 15 is 0 Å². The van der Waals surface area contributed by atoms with E-state index < -0.39 is 34.9 Å². The summed E-state index contributed by atoms with van der Waals surface area (Å²) in [6, 6.07) is -0.644. The van der Waals surface area contributed by atoms with Gasteiger partial charge in [-0.3, -0.25) is 9.59 Å². The van der Waals surface area contributed by atoms with Gasteiger partial charge in [-0.1, -0.05) is 22.6 Å². The number of β-lactam (4-membered cyclic amide) rings is 1. The van der Waals surface area contributed by atoms with Gasteiger partial charge in [0.1, 0.15) is 15.3 Å². The van der Waals surface area contributed by atoms with Gasteiger partial charge in [-0.25, -0.2) is 4.79 Å². The van der Waals surface area contributed by atoms with E-state index in [9.17, 15) is 14.4 Å². The fourth-order valence-electron chi connectivity index (χ4n) is 2.38. The first-order valence-corrected chi connectivity index (χ1v) is 9.07. The van der Waals surface area contributed by atoms with E-state index in [0.717, 1.165) is 0 Å². The highest BCUT2D eigenvalue weighted by molar-refractivity contribution is 14.1. The van der Waals surface area contributed by atoms with Crippen molar-refractivity contribution in [3.05, 3.63) is 0 Å². The average molecular weight is 441 g/mol. The number of carbonyl (C=O) groups excluding carboxylic acids is 3. The fourth-order valence-corrected chi connectivity index (χ4v) is 5.03. The molecule has 0 aromatic carbocycles. The van der Waals surface area contributed by atoms with E-state index in [1.165, 1.54) is 0 Å². The Bertz CT molecular complexity index is 516. The maximum Gasteiger partial charge on any atom is 0.333 e. The molecule has 2 fully saturated rings. The van der Waals surface area contributed by atoms with E-state index in [4.69, 9.17) is 9.47 Å². The Morgan fingerprint density at radius 1 is 1.32 bits per heavy atom. The lowest BCUT2D eigenvalue weighted by atomic mass is 9.97. The highest BCUT2D eigenvalue weighted by Crippen LogP contribution is 2.53. The van der Waals surface area contributed by atoms with Crippen molar-refractivity contribution in [1.82, 2.24) is 4.90 Å². The second kappa shape index (κ2) is 5.85. The molecule has 3 atom stereocenters. The van der Waals surface area contributed by atoms with E-state index in [0.29, 0.717) is 0 Å². The number of hydrogen-bond donors (Lipinski definition) is 0. The molecule has 0 saturated carbocycles. The minimum Gasteiger partial charge on any atom is -0.427 e. The maximum atomic E-state index is 12.3. The summed E-state index contributed by atoms with van der Waals surface area (Å²) < 4.78 is 9.49. The quantitative estimate of drug-likeness (QED) is 0.219. The Morgan fingerprint density at radius 2 is 1.91 bits per heavy atom. The highest BCUT2D eigenvalue weighted by atomic mass is 127. The molecule has 2 aliphatic rings. The van der Waals surface area contributed by atoms with Crippen LogP contribution in [0, 0.1) is 5.41 Å². The Balaban J connectivity index is 1.95. The van der Waals surface area contributed by atoms with Gasteiger partial charge in [0.05, 0.1) is 5.41 Å². The summed E-state index contributed by atoms with van der Waals surface area (Å²) in [5.41, 5.74) is -0.651. The second-order valence-electron chi connectivity index (χ2n) is 6.92. The third-order valence-corrected chi connectivity index (χ3v) is 6.88. The zero-order valence-corrected chi connectivity index (χ0v) is 16.2. The summed E-state index contributed by atoms with van der Waals surface area (Å²) in [5.74, 6) is -1.01. The highest BCUT2D eigenvalue weighted by Gasteiger charge is 2.63. The summed E-state index contributed by atoms with van der Waals surface area (Å²) >= 11 is 3.70. The van der Waals surface area contributed by atoms with E-state index in [2.05, 4.69) is 22.6 Å². The number of carbonyl (C=O) groups is 3. The van der Waals surface area contributed by atoms with Crippen LogP contribution in [0.4, 0.5) is 0 Å². The fraction of sp³-hybridized carbons (Fsp3) is 0.786. The smallest absolute Gasteiger partial charge is 0.333 e. The van der Waals surface area contributed by atoms with Crippen LogP contribution in [0.25, 0.3) is 0 Å². The summed E-state index contributed by atoms with van der Waals surface area (Å²) in [5, 5.41) is 0.0118. The molecule has 0 aromatic rings. The van der Waals surface area contributed by atoms with Gasteiger partial charge < -0.3 is 14.4 Å². The van der Waals surface area contributed by atoms with Gasteiger partial charge in [0.15, 0.2) is 0 Å². The Morgan fingerprint density at radius 3 is 2.45 bits per heavy atom. The molecule has 124 valence electrons. The second-order valence-corrected chi connectivity index (χ2v) is 10.0. The molecule has 2 saturated heterocycles.